The molecule has 1 N–H and O–H groups in total. The van der Waals surface area contributed by atoms with E-state index in [2.05, 4.69) is 5.32 Å². The van der Waals surface area contributed by atoms with Gasteiger partial charge in [0, 0.05) is 19.5 Å². The summed E-state index contributed by atoms with van der Waals surface area (Å²) in [7, 11) is 1.62. The van der Waals surface area contributed by atoms with Gasteiger partial charge in [-0.2, -0.15) is 0 Å². The number of ether oxygens (including phenoxy) is 1. The maximum atomic E-state index is 13.4. The first-order valence-electron chi connectivity index (χ1n) is 10.9. The van der Waals surface area contributed by atoms with Crippen LogP contribution in [0.1, 0.15) is 36.1 Å². The van der Waals surface area contributed by atoms with Crippen LogP contribution in [-0.4, -0.2) is 30.4 Å². The minimum absolute atomic E-state index is 0.0760. The van der Waals surface area contributed by atoms with Gasteiger partial charge in [0.15, 0.2) is 0 Å². The van der Waals surface area contributed by atoms with Gasteiger partial charge >= 0.3 is 0 Å². The zero-order valence-electron chi connectivity index (χ0n) is 18.7. The van der Waals surface area contributed by atoms with Gasteiger partial charge < -0.3 is 15.0 Å². The van der Waals surface area contributed by atoms with Gasteiger partial charge in [-0.1, -0.05) is 79.7 Å². The van der Waals surface area contributed by atoms with Crippen molar-refractivity contribution in [1.29, 1.82) is 0 Å². The Hall–Kier alpha value is -3.60. The lowest BCUT2D eigenvalue weighted by atomic mass is 10.0. The molecule has 0 aliphatic heterocycles. The molecule has 0 bridgehead atoms. The van der Waals surface area contributed by atoms with Crippen molar-refractivity contribution < 1.29 is 14.3 Å². The van der Waals surface area contributed by atoms with E-state index in [-0.39, 0.29) is 11.8 Å². The van der Waals surface area contributed by atoms with E-state index in [1.807, 2.05) is 91.9 Å². The van der Waals surface area contributed by atoms with Crippen molar-refractivity contribution in [3.05, 3.63) is 102 Å². The van der Waals surface area contributed by atoms with Gasteiger partial charge in [0.05, 0.1) is 7.11 Å². The van der Waals surface area contributed by atoms with Gasteiger partial charge in [-0.15, -0.1) is 0 Å². The first-order valence-corrected chi connectivity index (χ1v) is 10.9. The number of nitrogens with zero attached hydrogens (tertiary/aromatic N) is 1. The van der Waals surface area contributed by atoms with Crippen LogP contribution in [0.3, 0.4) is 0 Å². The highest BCUT2D eigenvalue weighted by Crippen LogP contribution is 2.25. The number of hydrogen-bond acceptors (Lipinski definition) is 3. The Morgan fingerprint density at radius 3 is 2.09 bits per heavy atom. The van der Waals surface area contributed by atoms with Crippen molar-refractivity contribution in [3.63, 3.8) is 0 Å². The molecule has 1 atom stereocenters. The van der Waals surface area contributed by atoms with E-state index in [4.69, 9.17) is 4.74 Å². The van der Waals surface area contributed by atoms with Crippen molar-refractivity contribution in [2.24, 2.45) is 0 Å². The quantitative estimate of drug-likeness (QED) is 0.514. The maximum absolute atomic E-state index is 13.4. The van der Waals surface area contributed by atoms with E-state index in [1.165, 1.54) is 0 Å². The molecule has 0 aliphatic rings. The smallest absolute Gasteiger partial charge is 0.247 e. The van der Waals surface area contributed by atoms with Crippen LogP contribution in [0.5, 0.6) is 5.75 Å². The summed E-state index contributed by atoms with van der Waals surface area (Å²) in [5.41, 5.74) is 2.88. The molecule has 0 heterocycles. The minimum Gasteiger partial charge on any atom is -0.497 e. The SMILES string of the molecule is CCC(=O)N(Cc1ccc(OC)cc1)[C@H](C(=O)NCCc1ccccc1)c1ccccc1. The topological polar surface area (TPSA) is 58.6 Å². The van der Waals surface area contributed by atoms with Crippen molar-refractivity contribution in [2.75, 3.05) is 13.7 Å². The number of carbonyl (C=O) groups excluding carboxylic acids is 2. The predicted molar refractivity (Wildman–Crippen MR) is 126 cm³/mol. The van der Waals surface area contributed by atoms with Crippen LogP contribution in [-0.2, 0) is 22.6 Å². The van der Waals surface area contributed by atoms with Crippen LogP contribution >= 0.6 is 0 Å². The zero-order chi connectivity index (χ0) is 22.8. The van der Waals surface area contributed by atoms with Crippen LogP contribution in [0.25, 0.3) is 0 Å². The van der Waals surface area contributed by atoms with Crippen LogP contribution in [0.2, 0.25) is 0 Å². The standard InChI is InChI=1S/C27H30N2O3/c1-3-25(30)29(20-22-14-16-24(32-2)17-15-22)26(23-12-8-5-9-13-23)27(31)28-19-18-21-10-6-4-7-11-21/h4-17,26H,3,18-20H2,1-2H3,(H,28,31)/t26-/m0/s1. The second-order valence-corrected chi connectivity index (χ2v) is 7.56. The molecule has 2 amide bonds. The van der Waals surface area contributed by atoms with Crippen molar-refractivity contribution in [2.45, 2.75) is 32.4 Å². The molecular weight excluding hydrogens is 400 g/mol. The number of nitrogens with one attached hydrogen (secondary N) is 1. The van der Waals surface area contributed by atoms with E-state index in [0.29, 0.717) is 19.5 Å². The minimum atomic E-state index is -0.707. The first-order chi connectivity index (χ1) is 15.6. The average Bonchev–Trinajstić information content (AvgIpc) is 2.85. The van der Waals surface area contributed by atoms with Gasteiger partial charge in [0.1, 0.15) is 11.8 Å². The Balaban J connectivity index is 1.82. The van der Waals surface area contributed by atoms with E-state index < -0.39 is 6.04 Å². The summed E-state index contributed by atoms with van der Waals surface area (Å²) in [4.78, 5) is 28.0. The van der Waals surface area contributed by atoms with E-state index in [0.717, 1.165) is 28.9 Å². The number of carbonyl (C=O) groups is 2. The van der Waals surface area contributed by atoms with Gasteiger partial charge in [-0.05, 0) is 35.2 Å². The van der Waals surface area contributed by atoms with Crippen molar-refractivity contribution >= 4 is 11.8 Å². The predicted octanol–water partition coefficient (Wildman–Crippen LogP) is 4.53. The largest absolute Gasteiger partial charge is 0.497 e. The maximum Gasteiger partial charge on any atom is 0.247 e. The van der Waals surface area contributed by atoms with Gasteiger partial charge in [0.2, 0.25) is 11.8 Å². The third kappa shape index (κ3) is 6.20. The van der Waals surface area contributed by atoms with E-state index in [9.17, 15) is 9.59 Å². The molecule has 32 heavy (non-hydrogen) atoms. The normalized spacial score (nSPS) is 11.4. The zero-order valence-corrected chi connectivity index (χ0v) is 18.7. The summed E-state index contributed by atoms with van der Waals surface area (Å²) in [6, 6.07) is 26.4. The van der Waals surface area contributed by atoms with Crippen LogP contribution in [0.15, 0.2) is 84.9 Å². The van der Waals surface area contributed by atoms with Crippen LogP contribution < -0.4 is 10.1 Å². The fraction of sp³-hybridized carbons (Fsp3) is 0.259. The van der Waals surface area contributed by atoms with Gasteiger partial charge in [-0.3, -0.25) is 9.59 Å². The average molecular weight is 431 g/mol. The number of rotatable bonds is 10. The molecule has 0 spiro atoms. The molecule has 0 aliphatic carbocycles. The summed E-state index contributed by atoms with van der Waals surface area (Å²) < 4.78 is 5.23. The molecule has 5 nitrogen and oxygen atoms in total. The number of methoxy groups -OCH3 is 1. The molecular formula is C27H30N2O3. The molecule has 5 heteroatoms. The molecule has 0 radical (unpaired) electrons. The number of hydrogen-bond donors (Lipinski definition) is 1. The summed E-state index contributed by atoms with van der Waals surface area (Å²) >= 11 is 0. The monoisotopic (exact) mass is 430 g/mol. The van der Waals surface area contributed by atoms with Crippen LogP contribution in [0.4, 0.5) is 0 Å². The molecule has 166 valence electrons. The molecule has 3 aromatic rings. The van der Waals surface area contributed by atoms with E-state index in [1.54, 1.807) is 12.0 Å². The lowest BCUT2D eigenvalue weighted by Crippen LogP contribution is -2.43. The highest BCUT2D eigenvalue weighted by Gasteiger charge is 2.30. The summed E-state index contributed by atoms with van der Waals surface area (Å²) in [5, 5.41) is 3.04. The molecule has 3 rings (SSSR count). The Labute approximate surface area is 190 Å². The third-order valence-corrected chi connectivity index (χ3v) is 5.37. The van der Waals surface area contributed by atoms with Crippen molar-refractivity contribution in [3.8, 4) is 5.75 Å². The molecule has 3 aromatic carbocycles. The fourth-order valence-electron chi connectivity index (χ4n) is 3.63. The summed E-state index contributed by atoms with van der Waals surface area (Å²) in [5.74, 6) is 0.496. The highest BCUT2D eigenvalue weighted by molar-refractivity contribution is 5.88. The Kier molecular flexibility index (Phi) is 8.44. The van der Waals surface area contributed by atoms with Crippen molar-refractivity contribution in [1.82, 2.24) is 10.2 Å². The van der Waals surface area contributed by atoms with E-state index >= 15 is 0 Å². The lowest BCUT2D eigenvalue weighted by Gasteiger charge is -2.31. The fourth-order valence-corrected chi connectivity index (χ4v) is 3.63. The lowest BCUT2D eigenvalue weighted by molar-refractivity contribution is -0.141. The second kappa shape index (κ2) is 11.7. The number of benzene rings is 3. The highest BCUT2D eigenvalue weighted by atomic mass is 16.5. The summed E-state index contributed by atoms with van der Waals surface area (Å²) in [6.45, 7) is 2.66. The number of amides is 2. The van der Waals surface area contributed by atoms with Gasteiger partial charge in [0.25, 0.3) is 0 Å². The molecule has 0 aromatic heterocycles. The Bertz CT molecular complexity index is 988. The van der Waals surface area contributed by atoms with Gasteiger partial charge in [-0.25, -0.2) is 0 Å². The first kappa shape index (κ1) is 23.1. The van der Waals surface area contributed by atoms with Crippen LogP contribution in [0, 0.1) is 0 Å². The molecule has 0 saturated carbocycles. The summed E-state index contributed by atoms with van der Waals surface area (Å²) in [6.07, 6.45) is 1.05. The molecule has 0 saturated heterocycles. The Morgan fingerprint density at radius 1 is 0.875 bits per heavy atom. The third-order valence-electron chi connectivity index (χ3n) is 5.37. The molecule has 0 fully saturated rings. The second-order valence-electron chi connectivity index (χ2n) is 7.56. The Morgan fingerprint density at radius 2 is 1.50 bits per heavy atom. The molecule has 0 unspecified atom stereocenters.